The van der Waals surface area contributed by atoms with Crippen molar-refractivity contribution in [2.45, 2.75) is 65.2 Å². The number of pyridine rings is 1. The Balaban J connectivity index is 2.14. The summed E-state index contributed by atoms with van der Waals surface area (Å²) >= 11 is 0. The summed E-state index contributed by atoms with van der Waals surface area (Å²) < 4.78 is 10.4. The van der Waals surface area contributed by atoms with Gasteiger partial charge < -0.3 is 19.9 Å². The number of anilines is 1. The zero-order valence-electron chi connectivity index (χ0n) is 19.8. The van der Waals surface area contributed by atoms with Crippen molar-refractivity contribution in [3.8, 4) is 11.1 Å². The first-order valence-electron chi connectivity index (χ1n) is 10.5. The number of aliphatic carboxylic acids is 1. The normalized spacial score (nSPS) is 12.4. The number of benzene rings is 1. The van der Waals surface area contributed by atoms with Crippen molar-refractivity contribution >= 4 is 24.0 Å². The Bertz CT molecular complexity index is 990. The average molecular weight is 458 g/mol. The van der Waals surface area contributed by atoms with Crippen LogP contribution in [0.2, 0.25) is 0 Å². The van der Waals surface area contributed by atoms with Gasteiger partial charge in [0.1, 0.15) is 23.1 Å². The predicted molar refractivity (Wildman–Crippen MR) is 124 cm³/mol. The van der Waals surface area contributed by atoms with Gasteiger partial charge in [0, 0.05) is 18.2 Å². The lowest BCUT2D eigenvalue weighted by atomic mass is 10.0. The zero-order valence-corrected chi connectivity index (χ0v) is 19.8. The Morgan fingerprint density at radius 1 is 0.939 bits per heavy atom. The maximum absolute atomic E-state index is 12.2. The minimum absolute atomic E-state index is 0.0743. The number of carbonyl (C=O) groups excluding carboxylic acids is 2. The molecule has 0 unspecified atom stereocenters. The molecule has 1 atom stereocenters. The van der Waals surface area contributed by atoms with Crippen LogP contribution in [0.4, 0.5) is 15.4 Å². The molecule has 9 nitrogen and oxygen atoms in total. The molecule has 33 heavy (non-hydrogen) atoms. The van der Waals surface area contributed by atoms with Gasteiger partial charge in [0.25, 0.3) is 0 Å². The number of nitrogens with zero attached hydrogens (tertiary/aromatic N) is 1. The number of hydrogen-bond donors (Lipinski definition) is 3. The van der Waals surface area contributed by atoms with Gasteiger partial charge in [-0.2, -0.15) is 0 Å². The third kappa shape index (κ3) is 8.80. The van der Waals surface area contributed by atoms with E-state index in [1.54, 1.807) is 84.1 Å². The van der Waals surface area contributed by atoms with Crippen LogP contribution in [-0.4, -0.2) is 45.5 Å². The van der Waals surface area contributed by atoms with Crippen LogP contribution in [-0.2, 0) is 20.7 Å². The Hall–Kier alpha value is -3.62. The molecule has 9 heteroatoms. The first kappa shape index (κ1) is 25.6. The molecule has 0 saturated heterocycles. The number of carbonyl (C=O) groups is 3. The van der Waals surface area contributed by atoms with Crippen LogP contribution in [0.1, 0.15) is 47.1 Å². The molecule has 3 N–H and O–H groups in total. The number of carboxylic acids is 1. The Morgan fingerprint density at radius 3 is 2.06 bits per heavy atom. The van der Waals surface area contributed by atoms with Crippen LogP contribution in [0.15, 0.2) is 42.6 Å². The van der Waals surface area contributed by atoms with Gasteiger partial charge in [0.2, 0.25) is 0 Å². The fraction of sp³-hybridized carbons (Fsp3) is 0.417. The number of ether oxygens (including phenoxy) is 2. The molecule has 0 saturated carbocycles. The minimum Gasteiger partial charge on any atom is -0.480 e. The molecule has 2 amide bonds. The van der Waals surface area contributed by atoms with Gasteiger partial charge in [0.15, 0.2) is 0 Å². The highest BCUT2D eigenvalue weighted by Crippen LogP contribution is 2.27. The average Bonchev–Trinajstić information content (AvgIpc) is 2.65. The number of rotatable bonds is 6. The molecule has 0 aliphatic heterocycles. The molecule has 1 aromatic heterocycles. The maximum atomic E-state index is 12.2. The number of hydrogen-bond acceptors (Lipinski definition) is 6. The summed E-state index contributed by atoms with van der Waals surface area (Å²) in [5.41, 5.74) is 0.771. The van der Waals surface area contributed by atoms with Crippen molar-refractivity contribution < 1.29 is 29.0 Å². The van der Waals surface area contributed by atoms with Gasteiger partial charge in [-0.3, -0.25) is 5.32 Å². The molecule has 178 valence electrons. The molecule has 0 fully saturated rings. The number of aromatic nitrogens is 1. The van der Waals surface area contributed by atoms with Crippen molar-refractivity contribution in [2.75, 3.05) is 5.32 Å². The van der Waals surface area contributed by atoms with E-state index in [-0.39, 0.29) is 6.42 Å². The highest BCUT2D eigenvalue weighted by molar-refractivity contribution is 5.89. The highest BCUT2D eigenvalue weighted by Gasteiger charge is 2.24. The van der Waals surface area contributed by atoms with Crippen LogP contribution >= 0.6 is 0 Å². The summed E-state index contributed by atoms with van der Waals surface area (Å²) in [5.74, 6) is -0.824. The summed E-state index contributed by atoms with van der Waals surface area (Å²) in [6.07, 6.45) is 0.228. The van der Waals surface area contributed by atoms with Crippen LogP contribution < -0.4 is 10.6 Å². The van der Waals surface area contributed by atoms with E-state index in [1.165, 1.54) is 0 Å². The van der Waals surface area contributed by atoms with Gasteiger partial charge in [-0.15, -0.1) is 0 Å². The summed E-state index contributed by atoms with van der Waals surface area (Å²) in [6.45, 7) is 10.4. The summed E-state index contributed by atoms with van der Waals surface area (Å²) in [5, 5.41) is 14.5. The molecular weight excluding hydrogens is 426 g/mol. The molecular formula is C24H31N3O6. The van der Waals surface area contributed by atoms with E-state index in [9.17, 15) is 19.5 Å². The lowest BCUT2D eigenvalue weighted by molar-refractivity contribution is -0.139. The number of carboxylic acid groups (broad SMARTS) is 1. The van der Waals surface area contributed by atoms with Gasteiger partial charge in [-0.05, 0) is 64.8 Å². The lowest BCUT2D eigenvalue weighted by Crippen LogP contribution is -2.44. The van der Waals surface area contributed by atoms with E-state index in [0.29, 0.717) is 16.9 Å². The van der Waals surface area contributed by atoms with Crippen LogP contribution in [0, 0.1) is 0 Å². The van der Waals surface area contributed by atoms with Crippen molar-refractivity contribution in [1.82, 2.24) is 10.3 Å². The third-order valence-electron chi connectivity index (χ3n) is 4.12. The first-order valence-corrected chi connectivity index (χ1v) is 10.5. The van der Waals surface area contributed by atoms with E-state index < -0.39 is 35.4 Å². The number of nitrogens with one attached hydrogen (secondary N) is 2. The summed E-state index contributed by atoms with van der Waals surface area (Å²) in [7, 11) is 0. The van der Waals surface area contributed by atoms with Gasteiger partial charge in [-0.1, -0.05) is 24.3 Å². The first-order chi connectivity index (χ1) is 15.2. The standard InChI is InChI=1S/C24H31N3O6/c1-23(2,3)32-21(30)26-18(20(28)29)14-15-9-11-16(12-10-15)17-8-7-13-25-19(17)27-22(31)33-24(4,5)6/h7-13,18H,14H2,1-6H3,(H,26,30)(H,28,29)(H,25,27,31)/t18-/m0/s1. The topological polar surface area (TPSA) is 127 Å². The van der Waals surface area contributed by atoms with Gasteiger partial charge >= 0.3 is 18.2 Å². The zero-order chi connectivity index (χ0) is 24.8. The minimum atomic E-state index is -1.17. The molecule has 0 aliphatic rings. The highest BCUT2D eigenvalue weighted by atomic mass is 16.6. The van der Waals surface area contributed by atoms with E-state index in [0.717, 1.165) is 5.56 Å². The van der Waals surface area contributed by atoms with E-state index in [2.05, 4.69) is 15.6 Å². The van der Waals surface area contributed by atoms with Gasteiger partial charge in [-0.25, -0.2) is 19.4 Å². The Kier molecular flexibility index (Phi) is 8.03. The lowest BCUT2D eigenvalue weighted by Gasteiger charge is -2.22. The third-order valence-corrected chi connectivity index (χ3v) is 4.12. The van der Waals surface area contributed by atoms with E-state index >= 15 is 0 Å². The van der Waals surface area contributed by atoms with Crippen molar-refractivity contribution in [1.29, 1.82) is 0 Å². The van der Waals surface area contributed by atoms with E-state index in [4.69, 9.17) is 9.47 Å². The second-order valence-electron chi connectivity index (χ2n) is 9.46. The van der Waals surface area contributed by atoms with Crippen molar-refractivity contribution in [2.24, 2.45) is 0 Å². The van der Waals surface area contributed by atoms with E-state index in [1.807, 2.05) is 0 Å². The predicted octanol–water partition coefficient (Wildman–Crippen LogP) is 4.62. The second kappa shape index (κ2) is 10.3. The molecule has 2 rings (SSSR count). The smallest absolute Gasteiger partial charge is 0.413 e. The molecule has 2 aromatic rings. The second-order valence-corrected chi connectivity index (χ2v) is 9.46. The molecule has 0 radical (unpaired) electrons. The SMILES string of the molecule is CC(C)(C)OC(=O)Nc1ncccc1-c1ccc(C[C@H](NC(=O)OC(C)(C)C)C(=O)O)cc1. The summed E-state index contributed by atoms with van der Waals surface area (Å²) in [6, 6.07) is 9.50. The van der Waals surface area contributed by atoms with Crippen LogP contribution in [0.25, 0.3) is 11.1 Å². The van der Waals surface area contributed by atoms with Crippen LogP contribution in [0.5, 0.6) is 0 Å². The Labute approximate surface area is 193 Å². The monoisotopic (exact) mass is 457 g/mol. The largest absolute Gasteiger partial charge is 0.480 e. The number of amides is 2. The molecule has 1 heterocycles. The molecule has 0 aliphatic carbocycles. The number of alkyl carbamates (subject to hydrolysis) is 1. The fourth-order valence-electron chi connectivity index (χ4n) is 2.84. The summed E-state index contributed by atoms with van der Waals surface area (Å²) in [4.78, 5) is 40.0. The fourth-order valence-corrected chi connectivity index (χ4v) is 2.84. The molecule has 1 aromatic carbocycles. The molecule has 0 bridgehead atoms. The van der Waals surface area contributed by atoms with Crippen molar-refractivity contribution in [3.05, 3.63) is 48.2 Å². The van der Waals surface area contributed by atoms with Gasteiger partial charge in [0.05, 0.1) is 0 Å². The molecule has 0 spiro atoms. The Morgan fingerprint density at radius 2 is 1.52 bits per heavy atom. The maximum Gasteiger partial charge on any atom is 0.413 e. The van der Waals surface area contributed by atoms with Crippen LogP contribution in [0.3, 0.4) is 0 Å². The quantitative estimate of drug-likeness (QED) is 0.578. The van der Waals surface area contributed by atoms with Crippen molar-refractivity contribution in [3.63, 3.8) is 0 Å².